The lowest BCUT2D eigenvalue weighted by Gasteiger charge is -2.25. The van der Waals surface area contributed by atoms with Crippen molar-refractivity contribution in [3.8, 4) is 5.75 Å². The smallest absolute Gasteiger partial charge is 0.234 e. The molecular formula is C18H19NO2S. The molecular weight excluding hydrogens is 294 g/mol. The van der Waals surface area contributed by atoms with Crippen molar-refractivity contribution >= 4 is 17.7 Å². The van der Waals surface area contributed by atoms with Gasteiger partial charge in [0.15, 0.2) is 0 Å². The Morgan fingerprint density at radius 2 is 1.91 bits per heavy atom. The van der Waals surface area contributed by atoms with Crippen LogP contribution in [0.4, 0.5) is 0 Å². The summed E-state index contributed by atoms with van der Waals surface area (Å²) in [6, 6.07) is 16.2. The van der Waals surface area contributed by atoms with E-state index in [1.165, 1.54) is 11.1 Å². The van der Waals surface area contributed by atoms with Crippen LogP contribution in [0, 0.1) is 6.92 Å². The highest BCUT2D eigenvalue weighted by molar-refractivity contribution is 8.00. The number of aryl methyl sites for hydroxylation is 1. The maximum atomic E-state index is 12.3. The van der Waals surface area contributed by atoms with Gasteiger partial charge in [0.05, 0.1) is 12.9 Å². The molecule has 3 rings (SSSR count). The molecule has 1 fully saturated rings. The van der Waals surface area contributed by atoms with E-state index in [4.69, 9.17) is 4.74 Å². The molecule has 4 heteroatoms. The molecule has 1 atom stereocenters. The van der Waals surface area contributed by atoms with Crippen LogP contribution in [0.15, 0.2) is 48.5 Å². The number of benzene rings is 2. The van der Waals surface area contributed by atoms with Gasteiger partial charge in [-0.1, -0.05) is 36.4 Å². The van der Waals surface area contributed by atoms with E-state index in [-0.39, 0.29) is 11.3 Å². The third-order valence-electron chi connectivity index (χ3n) is 3.93. The van der Waals surface area contributed by atoms with E-state index in [0.29, 0.717) is 12.3 Å². The fourth-order valence-corrected chi connectivity index (χ4v) is 3.96. The highest BCUT2D eigenvalue weighted by Gasteiger charge is 2.33. The van der Waals surface area contributed by atoms with Gasteiger partial charge in [-0.25, -0.2) is 0 Å². The van der Waals surface area contributed by atoms with E-state index in [1.54, 1.807) is 18.9 Å². The quantitative estimate of drug-likeness (QED) is 0.860. The molecule has 0 spiro atoms. The average molecular weight is 313 g/mol. The van der Waals surface area contributed by atoms with Crippen LogP contribution in [-0.4, -0.2) is 23.7 Å². The molecule has 1 aliphatic rings. The van der Waals surface area contributed by atoms with Gasteiger partial charge in [-0.3, -0.25) is 4.79 Å². The number of amides is 1. The fraction of sp³-hybridized carbons (Fsp3) is 0.278. The SMILES string of the molecule is COc1ccc(CN2C(=O)CSC2c2ccccc2C)cc1. The summed E-state index contributed by atoms with van der Waals surface area (Å²) in [5.74, 6) is 1.59. The Bertz CT molecular complexity index is 669. The first-order valence-electron chi connectivity index (χ1n) is 7.28. The van der Waals surface area contributed by atoms with E-state index >= 15 is 0 Å². The zero-order valence-electron chi connectivity index (χ0n) is 12.8. The monoisotopic (exact) mass is 313 g/mol. The Morgan fingerprint density at radius 1 is 1.18 bits per heavy atom. The topological polar surface area (TPSA) is 29.5 Å². The van der Waals surface area contributed by atoms with E-state index in [0.717, 1.165) is 11.3 Å². The molecule has 1 aliphatic heterocycles. The standard InChI is InChI=1S/C18H19NO2S/c1-13-5-3-4-6-16(13)18-19(17(20)12-22-18)11-14-7-9-15(21-2)10-8-14/h3-10,18H,11-12H2,1-2H3. The van der Waals surface area contributed by atoms with Crippen LogP contribution in [0.5, 0.6) is 5.75 Å². The lowest BCUT2D eigenvalue weighted by Crippen LogP contribution is -2.28. The third-order valence-corrected chi connectivity index (χ3v) is 5.17. The average Bonchev–Trinajstić information content (AvgIpc) is 2.90. The Morgan fingerprint density at radius 3 is 2.59 bits per heavy atom. The van der Waals surface area contributed by atoms with E-state index in [1.807, 2.05) is 41.3 Å². The van der Waals surface area contributed by atoms with Crippen LogP contribution in [0.2, 0.25) is 0 Å². The summed E-state index contributed by atoms with van der Waals surface area (Å²) >= 11 is 1.70. The molecule has 1 unspecified atom stereocenters. The lowest BCUT2D eigenvalue weighted by atomic mass is 10.1. The van der Waals surface area contributed by atoms with Crippen molar-refractivity contribution in [1.29, 1.82) is 0 Å². The summed E-state index contributed by atoms with van der Waals surface area (Å²) in [6.07, 6.45) is 0. The maximum absolute atomic E-state index is 12.3. The number of hydrogen-bond acceptors (Lipinski definition) is 3. The normalized spacial score (nSPS) is 17.8. The second-order valence-electron chi connectivity index (χ2n) is 5.39. The molecule has 114 valence electrons. The van der Waals surface area contributed by atoms with Gasteiger partial charge in [-0.2, -0.15) is 0 Å². The van der Waals surface area contributed by atoms with Crippen molar-refractivity contribution in [2.75, 3.05) is 12.9 Å². The first-order chi connectivity index (χ1) is 10.7. The molecule has 1 heterocycles. The summed E-state index contributed by atoms with van der Waals surface area (Å²) in [6.45, 7) is 2.74. The molecule has 0 saturated carbocycles. The van der Waals surface area contributed by atoms with Gasteiger partial charge < -0.3 is 9.64 Å². The summed E-state index contributed by atoms with van der Waals surface area (Å²) in [5.41, 5.74) is 3.58. The van der Waals surface area contributed by atoms with Crippen molar-refractivity contribution in [2.24, 2.45) is 0 Å². The Labute approximate surface area is 135 Å². The molecule has 0 bridgehead atoms. The molecule has 0 aromatic heterocycles. The Kier molecular flexibility index (Phi) is 4.39. The Balaban J connectivity index is 1.83. The number of carbonyl (C=O) groups is 1. The van der Waals surface area contributed by atoms with Crippen molar-refractivity contribution in [2.45, 2.75) is 18.8 Å². The summed E-state index contributed by atoms with van der Waals surface area (Å²) in [7, 11) is 1.66. The van der Waals surface area contributed by atoms with E-state index in [9.17, 15) is 4.79 Å². The second-order valence-corrected chi connectivity index (χ2v) is 6.46. The first-order valence-corrected chi connectivity index (χ1v) is 8.33. The second kappa shape index (κ2) is 6.44. The number of nitrogens with zero attached hydrogens (tertiary/aromatic N) is 1. The van der Waals surface area contributed by atoms with Crippen molar-refractivity contribution in [1.82, 2.24) is 4.90 Å². The van der Waals surface area contributed by atoms with Crippen LogP contribution in [0.1, 0.15) is 22.1 Å². The van der Waals surface area contributed by atoms with Crippen molar-refractivity contribution in [3.63, 3.8) is 0 Å². The van der Waals surface area contributed by atoms with Gasteiger partial charge in [0.1, 0.15) is 11.1 Å². The largest absolute Gasteiger partial charge is 0.497 e. The van der Waals surface area contributed by atoms with Crippen LogP contribution in [-0.2, 0) is 11.3 Å². The van der Waals surface area contributed by atoms with Crippen molar-refractivity contribution in [3.05, 3.63) is 65.2 Å². The zero-order valence-corrected chi connectivity index (χ0v) is 13.6. The van der Waals surface area contributed by atoms with Gasteiger partial charge in [0.25, 0.3) is 0 Å². The minimum absolute atomic E-state index is 0.107. The number of methoxy groups -OCH3 is 1. The minimum atomic E-state index is 0.107. The first kappa shape index (κ1) is 15.0. The van der Waals surface area contributed by atoms with Gasteiger partial charge in [0.2, 0.25) is 5.91 Å². The van der Waals surface area contributed by atoms with Crippen LogP contribution >= 0.6 is 11.8 Å². The number of ether oxygens (including phenoxy) is 1. The summed E-state index contributed by atoms with van der Waals surface area (Å²) in [5, 5.41) is 0.107. The van der Waals surface area contributed by atoms with Crippen LogP contribution < -0.4 is 4.74 Å². The highest BCUT2D eigenvalue weighted by atomic mass is 32.2. The lowest BCUT2D eigenvalue weighted by molar-refractivity contribution is -0.128. The predicted molar refractivity (Wildman–Crippen MR) is 89.9 cm³/mol. The van der Waals surface area contributed by atoms with Crippen LogP contribution in [0.25, 0.3) is 0 Å². The van der Waals surface area contributed by atoms with Gasteiger partial charge in [-0.05, 0) is 35.7 Å². The zero-order chi connectivity index (χ0) is 15.5. The minimum Gasteiger partial charge on any atom is -0.497 e. The van der Waals surface area contributed by atoms with Crippen molar-refractivity contribution < 1.29 is 9.53 Å². The molecule has 3 nitrogen and oxygen atoms in total. The molecule has 0 N–H and O–H groups in total. The molecule has 22 heavy (non-hydrogen) atoms. The molecule has 2 aromatic rings. The van der Waals surface area contributed by atoms with Crippen LogP contribution in [0.3, 0.4) is 0 Å². The van der Waals surface area contributed by atoms with Gasteiger partial charge >= 0.3 is 0 Å². The Hall–Kier alpha value is -1.94. The molecule has 2 aromatic carbocycles. The van der Waals surface area contributed by atoms with Gasteiger partial charge in [-0.15, -0.1) is 11.8 Å². The third kappa shape index (κ3) is 2.97. The van der Waals surface area contributed by atoms with E-state index < -0.39 is 0 Å². The van der Waals surface area contributed by atoms with E-state index in [2.05, 4.69) is 19.1 Å². The molecule has 1 saturated heterocycles. The summed E-state index contributed by atoms with van der Waals surface area (Å²) < 4.78 is 5.18. The molecule has 0 aliphatic carbocycles. The highest BCUT2D eigenvalue weighted by Crippen LogP contribution is 2.40. The molecule has 1 amide bonds. The molecule has 0 radical (unpaired) electrons. The van der Waals surface area contributed by atoms with Gasteiger partial charge in [0, 0.05) is 6.54 Å². The fourth-order valence-electron chi connectivity index (χ4n) is 2.67. The number of carbonyl (C=O) groups excluding carboxylic acids is 1. The maximum Gasteiger partial charge on any atom is 0.234 e. The summed E-state index contributed by atoms with van der Waals surface area (Å²) in [4.78, 5) is 14.2. The number of hydrogen-bond donors (Lipinski definition) is 0. The number of thioether (sulfide) groups is 1. The number of rotatable bonds is 4. The predicted octanol–water partition coefficient (Wildman–Crippen LogP) is 3.78.